The van der Waals surface area contributed by atoms with E-state index in [1.54, 1.807) is 12.1 Å². The third kappa shape index (κ3) is 6.05. The van der Waals surface area contributed by atoms with Crippen molar-refractivity contribution in [1.29, 1.82) is 0 Å². The Kier molecular flexibility index (Phi) is 6.71. The molecule has 1 fully saturated rings. The van der Waals surface area contributed by atoms with Crippen molar-refractivity contribution in [3.05, 3.63) is 34.3 Å². The lowest BCUT2D eigenvalue weighted by molar-refractivity contribution is 0.0954. The number of amides is 1. The van der Waals surface area contributed by atoms with Gasteiger partial charge in [0.2, 0.25) is 0 Å². The molecule has 1 saturated carbocycles. The number of aliphatic imine (C=N–C) groups is 1. The first-order valence-electron chi connectivity index (χ1n) is 7.75. The summed E-state index contributed by atoms with van der Waals surface area (Å²) in [4.78, 5) is 16.5. The van der Waals surface area contributed by atoms with E-state index in [2.05, 4.69) is 36.9 Å². The van der Waals surface area contributed by atoms with Gasteiger partial charge in [-0.25, -0.2) is 0 Å². The predicted molar refractivity (Wildman–Crippen MR) is 93.2 cm³/mol. The van der Waals surface area contributed by atoms with Gasteiger partial charge in [-0.05, 0) is 49.9 Å². The predicted octanol–water partition coefficient (Wildman–Crippen LogP) is 2.14. The standard InChI is InChI=1S/C16H23BrN4O/c1-2-18-16(21-11-12-3-4-12)20-10-9-19-15(22)13-5-7-14(17)8-6-13/h5-8,12H,2-4,9-11H2,1H3,(H,19,22)(H2,18,20,21). The van der Waals surface area contributed by atoms with Gasteiger partial charge in [0.15, 0.2) is 5.96 Å². The van der Waals surface area contributed by atoms with Crippen molar-refractivity contribution in [3.8, 4) is 0 Å². The van der Waals surface area contributed by atoms with Gasteiger partial charge in [0.1, 0.15) is 0 Å². The second-order valence-electron chi connectivity index (χ2n) is 5.35. The first kappa shape index (κ1) is 16.8. The van der Waals surface area contributed by atoms with Crippen LogP contribution in [-0.2, 0) is 0 Å². The number of nitrogens with zero attached hydrogens (tertiary/aromatic N) is 1. The molecule has 0 aliphatic heterocycles. The van der Waals surface area contributed by atoms with Crippen LogP contribution in [0.5, 0.6) is 0 Å². The Labute approximate surface area is 140 Å². The Bertz CT molecular complexity index is 511. The molecule has 0 heterocycles. The van der Waals surface area contributed by atoms with Gasteiger partial charge in [-0.1, -0.05) is 15.9 Å². The highest BCUT2D eigenvalue weighted by Crippen LogP contribution is 2.28. The molecular weight excluding hydrogens is 344 g/mol. The zero-order valence-corrected chi connectivity index (χ0v) is 14.4. The molecule has 0 aromatic heterocycles. The molecule has 0 atom stereocenters. The third-order valence-electron chi connectivity index (χ3n) is 3.36. The highest BCUT2D eigenvalue weighted by molar-refractivity contribution is 9.10. The number of carbonyl (C=O) groups excluding carboxylic acids is 1. The normalized spacial score (nSPS) is 14.5. The number of halogens is 1. The molecule has 0 spiro atoms. The van der Waals surface area contributed by atoms with Gasteiger partial charge < -0.3 is 16.0 Å². The number of carbonyl (C=O) groups is 1. The quantitative estimate of drug-likeness (QED) is 0.393. The molecule has 1 aromatic carbocycles. The zero-order chi connectivity index (χ0) is 15.8. The van der Waals surface area contributed by atoms with E-state index in [0.29, 0.717) is 18.7 Å². The fourth-order valence-electron chi connectivity index (χ4n) is 1.92. The van der Waals surface area contributed by atoms with Crippen LogP contribution in [-0.4, -0.2) is 38.0 Å². The molecule has 2 rings (SSSR count). The van der Waals surface area contributed by atoms with Crippen molar-refractivity contribution in [1.82, 2.24) is 16.0 Å². The number of nitrogens with one attached hydrogen (secondary N) is 3. The Balaban J connectivity index is 1.69. The number of hydrogen-bond donors (Lipinski definition) is 3. The molecule has 5 nitrogen and oxygen atoms in total. The van der Waals surface area contributed by atoms with Crippen LogP contribution in [0.3, 0.4) is 0 Å². The summed E-state index contributed by atoms with van der Waals surface area (Å²) in [5.74, 6) is 1.54. The maximum Gasteiger partial charge on any atom is 0.251 e. The zero-order valence-electron chi connectivity index (χ0n) is 12.9. The molecule has 22 heavy (non-hydrogen) atoms. The van der Waals surface area contributed by atoms with Gasteiger partial charge in [0.05, 0.1) is 0 Å². The van der Waals surface area contributed by atoms with Crippen molar-refractivity contribution in [3.63, 3.8) is 0 Å². The average Bonchev–Trinajstić information content (AvgIpc) is 3.33. The van der Waals surface area contributed by atoms with Gasteiger partial charge in [0, 0.05) is 36.2 Å². The van der Waals surface area contributed by atoms with Crippen LogP contribution in [0, 0.1) is 5.92 Å². The first-order valence-corrected chi connectivity index (χ1v) is 8.54. The molecule has 1 amide bonds. The van der Waals surface area contributed by atoms with Gasteiger partial charge in [-0.15, -0.1) is 0 Å². The average molecular weight is 367 g/mol. The van der Waals surface area contributed by atoms with Crippen molar-refractivity contribution < 1.29 is 4.79 Å². The fraction of sp³-hybridized carbons (Fsp3) is 0.500. The summed E-state index contributed by atoms with van der Waals surface area (Å²) in [6, 6.07) is 7.32. The summed E-state index contributed by atoms with van der Waals surface area (Å²) in [6.07, 6.45) is 2.60. The van der Waals surface area contributed by atoms with Crippen LogP contribution >= 0.6 is 15.9 Å². The number of rotatable bonds is 7. The van der Waals surface area contributed by atoms with Crippen molar-refractivity contribution in [2.45, 2.75) is 19.8 Å². The summed E-state index contributed by atoms with van der Waals surface area (Å²) in [5.41, 5.74) is 0.664. The highest BCUT2D eigenvalue weighted by Gasteiger charge is 2.20. The van der Waals surface area contributed by atoms with Gasteiger partial charge in [0.25, 0.3) is 5.91 Å². The number of benzene rings is 1. The molecule has 1 aromatic rings. The molecule has 0 bridgehead atoms. The van der Waals surface area contributed by atoms with Crippen LogP contribution in [0.25, 0.3) is 0 Å². The Morgan fingerprint density at radius 1 is 1.18 bits per heavy atom. The Hall–Kier alpha value is -1.56. The molecule has 1 aliphatic carbocycles. The summed E-state index contributed by atoms with van der Waals surface area (Å²) < 4.78 is 0.966. The lowest BCUT2D eigenvalue weighted by Gasteiger charge is -2.11. The van der Waals surface area contributed by atoms with Crippen LogP contribution in [0.4, 0.5) is 0 Å². The minimum Gasteiger partial charge on any atom is -0.357 e. The smallest absolute Gasteiger partial charge is 0.251 e. The minimum absolute atomic E-state index is 0.0609. The molecule has 3 N–H and O–H groups in total. The second-order valence-corrected chi connectivity index (χ2v) is 6.27. The SMILES string of the molecule is CCNC(=NCC1CC1)NCCNC(=O)c1ccc(Br)cc1. The number of hydrogen-bond acceptors (Lipinski definition) is 2. The van der Waals surface area contributed by atoms with E-state index in [-0.39, 0.29) is 5.91 Å². The molecular formula is C16H23BrN4O. The summed E-state index contributed by atoms with van der Waals surface area (Å²) in [6.45, 7) is 4.98. The van der Waals surface area contributed by atoms with E-state index in [9.17, 15) is 4.79 Å². The van der Waals surface area contributed by atoms with Gasteiger partial charge in [-0.3, -0.25) is 9.79 Å². The van der Waals surface area contributed by atoms with E-state index in [0.717, 1.165) is 29.4 Å². The highest BCUT2D eigenvalue weighted by atomic mass is 79.9. The van der Waals surface area contributed by atoms with Crippen LogP contribution in [0.15, 0.2) is 33.7 Å². The molecule has 1 aliphatic rings. The number of guanidine groups is 1. The van der Waals surface area contributed by atoms with E-state index in [1.807, 2.05) is 19.1 Å². The maximum atomic E-state index is 11.9. The fourth-order valence-corrected chi connectivity index (χ4v) is 2.19. The topological polar surface area (TPSA) is 65.5 Å². The van der Waals surface area contributed by atoms with Gasteiger partial charge >= 0.3 is 0 Å². The lowest BCUT2D eigenvalue weighted by atomic mass is 10.2. The Morgan fingerprint density at radius 2 is 1.86 bits per heavy atom. The summed E-state index contributed by atoms with van der Waals surface area (Å²) in [7, 11) is 0. The maximum absolute atomic E-state index is 11.9. The van der Waals surface area contributed by atoms with Crippen LogP contribution in [0.1, 0.15) is 30.1 Å². The van der Waals surface area contributed by atoms with Gasteiger partial charge in [-0.2, -0.15) is 0 Å². The molecule has 6 heteroatoms. The minimum atomic E-state index is -0.0609. The van der Waals surface area contributed by atoms with Crippen molar-refractivity contribution >= 4 is 27.8 Å². The molecule has 0 radical (unpaired) electrons. The van der Waals surface area contributed by atoms with E-state index >= 15 is 0 Å². The monoisotopic (exact) mass is 366 g/mol. The third-order valence-corrected chi connectivity index (χ3v) is 3.89. The van der Waals surface area contributed by atoms with E-state index in [4.69, 9.17) is 0 Å². The summed E-state index contributed by atoms with van der Waals surface area (Å²) >= 11 is 3.36. The largest absolute Gasteiger partial charge is 0.357 e. The van der Waals surface area contributed by atoms with Crippen LogP contribution in [0.2, 0.25) is 0 Å². The Morgan fingerprint density at radius 3 is 2.50 bits per heavy atom. The first-order chi connectivity index (χ1) is 10.7. The molecule has 120 valence electrons. The summed E-state index contributed by atoms with van der Waals surface area (Å²) in [5, 5.41) is 9.34. The molecule has 0 saturated heterocycles. The lowest BCUT2D eigenvalue weighted by Crippen LogP contribution is -2.41. The molecule has 0 unspecified atom stereocenters. The van der Waals surface area contributed by atoms with Crippen molar-refractivity contribution in [2.75, 3.05) is 26.2 Å². The van der Waals surface area contributed by atoms with E-state index < -0.39 is 0 Å². The van der Waals surface area contributed by atoms with E-state index in [1.165, 1.54) is 12.8 Å². The van der Waals surface area contributed by atoms with Crippen molar-refractivity contribution in [2.24, 2.45) is 10.9 Å². The second kappa shape index (κ2) is 8.78. The van der Waals surface area contributed by atoms with Crippen LogP contribution < -0.4 is 16.0 Å².